The summed E-state index contributed by atoms with van der Waals surface area (Å²) in [6.45, 7) is 0.564. The first-order valence-electron chi connectivity index (χ1n) is 8.76. The SMILES string of the molecule is N#CCCCn1cc(C(=O)ON2C(=O)c3ccccc3C2=O)c2ccccc21. The van der Waals surface area contributed by atoms with Crippen LogP contribution in [0.25, 0.3) is 10.9 Å². The molecule has 4 rings (SSSR count). The van der Waals surface area contributed by atoms with Crippen molar-refractivity contribution in [3.8, 4) is 6.07 Å². The highest BCUT2D eigenvalue weighted by Crippen LogP contribution is 2.26. The first-order valence-corrected chi connectivity index (χ1v) is 8.76. The number of benzene rings is 2. The molecule has 0 unspecified atom stereocenters. The zero-order valence-electron chi connectivity index (χ0n) is 14.8. The van der Waals surface area contributed by atoms with Gasteiger partial charge in [-0.25, -0.2) is 4.79 Å². The summed E-state index contributed by atoms with van der Waals surface area (Å²) in [4.78, 5) is 42.8. The third kappa shape index (κ3) is 2.81. The maximum Gasteiger partial charge on any atom is 0.366 e. The number of aromatic nitrogens is 1. The molecule has 0 bridgehead atoms. The lowest BCUT2D eigenvalue weighted by atomic mass is 10.1. The number of imide groups is 1. The fourth-order valence-electron chi connectivity index (χ4n) is 3.31. The zero-order chi connectivity index (χ0) is 19.7. The van der Waals surface area contributed by atoms with Gasteiger partial charge in [-0.15, -0.1) is 0 Å². The van der Waals surface area contributed by atoms with Crippen molar-refractivity contribution in [2.45, 2.75) is 19.4 Å². The van der Waals surface area contributed by atoms with Gasteiger partial charge in [-0.05, 0) is 24.6 Å². The summed E-state index contributed by atoms with van der Waals surface area (Å²) in [5.74, 6) is -2.11. The molecule has 2 amide bonds. The second-order valence-corrected chi connectivity index (χ2v) is 6.34. The number of hydroxylamine groups is 2. The van der Waals surface area contributed by atoms with E-state index in [0.29, 0.717) is 29.8 Å². The normalized spacial score (nSPS) is 12.9. The lowest BCUT2D eigenvalue weighted by Gasteiger charge is -2.12. The molecule has 0 saturated carbocycles. The van der Waals surface area contributed by atoms with E-state index in [2.05, 4.69) is 6.07 Å². The maximum absolute atomic E-state index is 12.8. The molecule has 1 aromatic heterocycles. The highest BCUT2D eigenvalue weighted by molar-refractivity contribution is 6.21. The van der Waals surface area contributed by atoms with Gasteiger partial charge in [0.1, 0.15) is 0 Å². The number of carbonyl (C=O) groups excluding carboxylic acids is 3. The second-order valence-electron chi connectivity index (χ2n) is 6.34. The van der Waals surface area contributed by atoms with Crippen LogP contribution >= 0.6 is 0 Å². The number of aryl methyl sites for hydroxylation is 1. The molecule has 28 heavy (non-hydrogen) atoms. The number of amides is 2. The summed E-state index contributed by atoms with van der Waals surface area (Å²) < 4.78 is 1.87. The molecule has 0 saturated heterocycles. The van der Waals surface area contributed by atoms with Crippen molar-refractivity contribution >= 4 is 28.7 Å². The Morgan fingerprint density at radius 2 is 1.64 bits per heavy atom. The Morgan fingerprint density at radius 3 is 2.32 bits per heavy atom. The molecule has 7 heteroatoms. The molecule has 3 aromatic rings. The van der Waals surface area contributed by atoms with Crippen molar-refractivity contribution in [1.29, 1.82) is 5.26 Å². The van der Waals surface area contributed by atoms with Crippen LogP contribution in [-0.2, 0) is 11.4 Å². The number of carbonyl (C=O) groups is 3. The molecule has 0 N–H and O–H groups in total. The first kappa shape index (κ1) is 17.5. The minimum absolute atomic E-state index is 0.208. The summed E-state index contributed by atoms with van der Waals surface area (Å²) in [6.07, 6.45) is 2.67. The van der Waals surface area contributed by atoms with Gasteiger partial charge in [0, 0.05) is 30.1 Å². The molecular formula is C21H15N3O4. The molecule has 2 heterocycles. The number of hydrogen-bond acceptors (Lipinski definition) is 5. The minimum atomic E-state index is -0.787. The van der Waals surface area contributed by atoms with E-state index in [9.17, 15) is 14.4 Å². The Kier molecular flexibility index (Phi) is 4.38. The molecule has 138 valence electrons. The number of rotatable bonds is 5. The van der Waals surface area contributed by atoms with Gasteiger partial charge in [-0.1, -0.05) is 35.4 Å². The molecule has 0 radical (unpaired) electrons. The number of nitrogens with zero attached hydrogens (tertiary/aromatic N) is 3. The maximum atomic E-state index is 12.8. The molecule has 0 fully saturated rings. The van der Waals surface area contributed by atoms with E-state index in [0.717, 1.165) is 5.52 Å². The van der Waals surface area contributed by atoms with Crippen LogP contribution in [0, 0.1) is 11.3 Å². The molecule has 0 atom stereocenters. The number of fused-ring (bicyclic) bond motifs is 2. The van der Waals surface area contributed by atoms with Crippen molar-refractivity contribution in [1.82, 2.24) is 9.63 Å². The van der Waals surface area contributed by atoms with Gasteiger partial charge in [0.2, 0.25) is 0 Å². The smallest absolute Gasteiger partial charge is 0.347 e. The summed E-state index contributed by atoms with van der Waals surface area (Å²) in [7, 11) is 0. The number of unbranched alkanes of at least 4 members (excludes halogenated alkanes) is 1. The van der Waals surface area contributed by atoms with Crippen molar-refractivity contribution in [3.63, 3.8) is 0 Å². The van der Waals surface area contributed by atoms with Crippen LogP contribution in [0.3, 0.4) is 0 Å². The first-order chi connectivity index (χ1) is 13.6. The summed E-state index contributed by atoms with van der Waals surface area (Å²) >= 11 is 0. The van der Waals surface area contributed by atoms with E-state index in [1.807, 2.05) is 16.7 Å². The van der Waals surface area contributed by atoms with Gasteiger partial charge in [-0.3, -0.25) is 9.59 Å². The second kappa shape index (κ2) is 7.00. The Labute approximate surface area is 160 Å². The van der Waals surface area contributed by atoms with E-state index in [1.54, 1.807) is 30.5 Å². The van der Waals surface area contributed by atoms with Gasteiger partial charge >= 0.3 is 5.97 Å². The lowest BCUT2D eigenvalue weighted by molar-refractivity contribution is -0.0583. The van der Waals surface area contributed by atoms with E-state index >= 15 is 0 Å². The lowest BCUT2D eigenvalue weighted by Crippen LogP contribution is -2.32. The van der Waals surface area contributed by atoms with Crippen LogP contribution in [-0.4, -0.2) is 27.4 Å². The van der Waals surface area contributed by atoms with Crippen molar-refractivity contribution in [3.05, 3.63) is 71.4 Å². The van der Waals surface area contributed by atoms with Gasteiger partial charge in [-0.2, -0.15) is 5.26 Å². The van der Waals surface area contributed by atoms with E-state index in [-0.39, 0.29) is 16.7 Å². The van der Waals surface area contributed by atoms with Crippen LogP contribution in [0.1, 0.15) is 43.9 Å². The third-order valence-corrected chi connectivity index (χ3v) is 4.63. The molecule has 2 aromatic carbocycles. The topological polar surface area (TPSA) is 92.4 Å². The monoisotopic (exact) mass is 373 g/mol. The zero-order valence-corrected chi connectivity index (χ0v) is 14.8. The van der Waals surface area contributed by atoms with Gasteiger partial charge in [0.25, 0.3) is 11.8 Å². The molecule has 7 nitrogen and oxygen atoms in total. The fourth-order valence-corrected chi connectivity index (χ4v) is 3.31. The minimum Gasteiger partial charge on any atom is -0.347 e. The molecular weight excluding hydrogens is 358 g/mol. The largest absolute Gasteiger partial charge is 0.366 e. The van der Waals surface area contributed by atoms with Crippen molar-refractivity contribution < 1.29 is 19.2 Å². The van der Waals surface area contributed by atoms with Gasteiger partial charge in [0.05, 0.1) is 22.8 Å². The number of nitriles is 1. The van der Waals surface area contributed by atoms with E-state index in [4.69, 9.17) is 10.1 Å². The predicted octanol–water partition coefficient (Wildman–Crippen LogP) is 3.31. The average molecular weight is 373 g/mol. The standard InChI is InChI=1S/C21H15N3O4/c22-11-5-6-12-23-13-17(14-7-3-4-10-18(14)23)21(27)28-24-19(25)15-8-1-2-9-16(15)20(24)26/h1-4,7-10,13H,5-6,12H2. The summed E-state index contributed by atoms with van der Waals surface area (Å²) in [6, 6.07) is 15.7. The Balaban J connectivity index is 1.63. The van der Waals surface area contributed by atoms with Crippen LogP contribution in [0.5, 0.6) is 0 Å². The molecule has 1 aliphatic rings. The van der Waals surface area contributed by atoms with E-state index in [1.165, 1.54) is 12.1 Å². The van der Waals surface area contributed by atoms with Crippen LogP contribution < -0.4 is 0 Å². The van der Waals surface area contributed by atoms with Crippen LogP contribution in [0.15, 0.2) is 54.7 Å². The Morgan fingerprint density at radius 1 is 1.00 bits per heavy atom. The van der Waals surface area contributed by atoms with Crippen molar-refractivity contribution in [2.24, 2.45) is 0 Å². The number of hydrogen-bond donors (Lipinski definition) is 0. The Bertz CT molecular complexity index is 1120. The Hall–Kier alpha value is -3.92. The van der Waals surface area contributed by atoms with Crippen molar-refractivity contribution in [2.75, 3.05) is 0 Å². The van der Waals surface area contributed by atoms with Crippen LogP contribution in [0.2, 0.25) is 0 Å². The predicted molar refractivity (Wildman–Crippen MR) is 99.1 cm³/mol. The summed E-state index contributed by atoms with van der Waals surface area (Å²) in [5.41, 5.74) is 1.48. The number of para-hydroxylation sites is 1. The van der Waals surface area contributed by atoms with E-state index < -0.39 is 17.8 Å². The summed E-state index contributed by atoms with van der Waals surface area (Å²) in [5, 5.41) is 9.89. The molecule has 0 aliphatic carbocycles. The average Bonchev–Trinajstić information content (AvgIpc) is 3.20. The highest BCUT2D eigenvalue weighted by atomic mass is 16.7. The highest BCUT2D eigenvalue weighted by Gasteiger charge is 2.39. The molecule has 0 spiro atoms. The molecule has 1 aliphatic heterocycles. The van der Waals surface area contributed by atoms with Gasteiger partial charge in [0.15, 0.2) is 0 Å². The third-order valence-electron chi connectivity index (χ3n) is 4.63. The quantitative estimate of drug-likeness (QED) is 0.505. The van der Waals surface area contributed by atoms with Gasteiger partial charge < -0.3 is 9.40 Å². The van der Waals surface area contributed by atoms with Crippen LogP contribution in [0.4, 0.5) is 0 Å². The fraction of sp³-hybridized carbons (Fsp3) is 0.143.